The molecule has 4 aliphatic heterocycles. The number of nitrogens with zero attached hydrogens (tertiary/aromatic N) is 4. The summed E-state index contributed by atoms with van der Waals surface area (Å²) in [7, 11) is 1.26. The largest absolute Gasteiger partial charge is 0.394 e. The summed E-state index contributed by atoms with van der Waals surface area (Å²) in [6.45, 7) is 9.47. The highest BCUT2D eigenvalue weighted by Gasteiger charge is 2.51. The molecular formula is C78H136N8O34S. The molecule has 4 saturated heterocycles. The number of methoxy groups -OCH3 is 1. The molecular weight excluding hydrogens is 1620 g/mol. The van der Waals surface area contributed by atoms with E-state index in [1.54, 1.807) is 17.8 Å². The Bertz CT molecular complexity index is 2980. The number of likely N-dealkylation sites (N-methyl/N-ethyl adjacent to an activating group) is 1. The maximum absolute atomic E-state index is 12.9. The zero-order valence-corrected chi connectivity index (χ0v) is 71.1. The molecule has 42 nitrogen and oxygen atoms in total. The van der Waals surface area contributed by atoms with E-state index in [9.17, 15) is 74.4 Å². The number of aromatic nitrogens is 3. The van der Waals surface area contributed by atoms with E-state index in [0.717, 1.165) is 25.7 Å². The Labute approximate surface area is 711 Å². The van der Waals surface area contributed by atoms with E-state index in [-0.39, 0.29) is 124 Å². The number of likely N-dealkylation sites (tertiary alicyclic amines) is 1. The molecule has 1 aromatic rings. The van der Waals surface area contributed by atoms with Gasteiger partial charge in [-0.3, -0.25) is 38.5 Å². The van der Waals surface area contributed by atoms with E-state index in [4.69, 9.17) is 90.0 Å². The summed E-state index contributed by atoms with van der Waals surface area (Å²) < 4.78 is 109. The molecule has 6 amide bonds. The molecule has 1 saturated carbocycles. The highest BCUT2D eigenvalue weighted by atomic mass is 32.2. The maximum atomic E-state index is 12.9. The SMILES string of the molecule is CCNC(=O)COCC(=O)NCCOCCOCCOCCOCCOCCOCCOCCOCCn1cc(CNC(=O)CCCCCO[C@H]2[C@@H](O)[C@@H](O)[C@@H](OC)O[C@@H]2CO[C@H]2O[C@H](CO[C@H]3O[C@H](CO)[C@@H](O)[C@@H](O)[C@H]3O)[C@@H](OCCCCCC(=O)NCCOCCOCCCC(=O)C3CCC(CN4C(=O)CC(SC)C4=O)CC3)[C@@H](O)[C@H]2O)nn1. The van der Waals surface area contributed by atoms with Crippen molar-refractivity contribution in [1.29, 1.82) is 0 Å². The molecule has 0 radical (unpaired) electrons. The van der Waals surface area contributed by atoms with E-state index in [1.807, 2.05) is 6.26 Å². The Kier molecular flexibility index (Phi) is 54.7. The predicted molar refractivity (Wildman–Crippen MR) is 424 cm³/mol. The summed E-state index contributed by atoms with van der Waals surface area (Å²) in [5.74, 6) is -0.785. The van der Waals surface area contributed by atoms with Crippen molar-refractivity contribution in [2.24, 2.45) is 11.8 Å². The summed E-state index contributed by atoms with van der Waals surface area (Å²) in [4.78, 5) is 87.6. The normalized spacial score (nSPS) is 26.4. The van der Waals surface area contributed by atoms with Crippen molar-refractivity contribution in [2.45, 2.75) is 214 Å². The van der Waals surface area contributed by atoms with Gasteiger partial charge in [0, 0.05) is 84.7 Å². The van der Waals surface area contributed by atoms with Crippen molar-refractivity contribution in [3.8, 4) is 0 Å². The monoisotopic (exact) mass is 1760 g/mol. The number of amides is 6. The lowest BCUT2D eigenvalue weighted by Gasteiger charge is -2.45. The number of carbonyl (C=O) groups is 7. The van der Waals surface area contributed by atoms with Gasteiger partial charge in [0.05, 0.1) is 170 Å². The van der Waals surface area contributed by atoms with Crippen LogP contribution < -0.4 is 21.3 Å². The molecule has 0 aromatic carbocycles. The van der Waals surface area contributed by atoms with E-state index in [1.165, 1.54) is 23.8 Å². The second-order valence-corrected chi connectivity index (χ2v) is 30.6. The van der Waals surface area contributed by atoms with Crippen molar-refractivity contribution >= 4 is 53.0 Å². The number of hydrogen-bond donors (Lipinski definition) is 12. The number of rotatable bonds is 70. The first-order valence-electron chi connectivity index (χ1n) is 42.3. The number of thioether (sulfide) groups is 1. The third-order valence-electron chi connectivity index (χ3n) is 20.3. The average Bonchev–Trinajstić information content (AvgIpc) is 1.56. The highest BCUT2D eigenvalue weighted by Crippen LogP contribution is 2.34. The average molecular weight is 1760 g/mol. The fourth-order valence-corrected chi connectivity index (χ4v) is 14.2. The first-order chi connectivity index (χ1) is 58.8. The summed E-state index contributed by atoms with van der Waals surface area (Å²) in [6.07, 6.45) is -11.4. The third-order valence-corrected chi connectivity index (χ3v) is 21.3. The zero-order chi connectivity index (χ0) is 87.2. The van der Waals surface area contributed by atoms with Crippen molar-refractivity contribution in [3.63, 3.8) is 0 Å². The summed E-state index contributed by atoms with van der Waals surface area (Å²) in [6, 6.07) is 0. The molecule has 1 aliphatic carbocycles. The Morgan fingerprint density at radius 2 is 0.934 bits per heavy atom. The van der Waals surface area contributed by atoms with E-state index >= 15 is 0 Å². The molecule has 121 heavy (non-hydrogen) atoms. The van der Waals surface area contributed by atoms with Crippen LogP contribution in [0, 0.1) is 11.8 Å². The number of imide groups is 1. The number of ketones is 1. The highest BCUT2D eigenvalue weighted by molar-refractivity contribution is 8.00. The van der Waals surface area contributed by atoms with Gasteiger partial charge in [-0.25, -0.2) is 4.68 Å². The predicted octanol–water partition coefficient (Wildman–Crippen LogP) is -3.64. The number of nitrogens with one attached hydrogen (secondary N) is 4. The summed E-state index contributed by atoms with van der Waals surface area (Å²) in [5, 5.41) is 105. The van der Waals surface area contributed by atoms with Crippen LogP contribution in [-0.4, -0.2) is 417 Å². The minimum absolute atomic E-state index is 0.0130. The van der Waals surface area contributed by atoms with Crippen molar-refractivity contribution in [2.75, 3.05) is 218 Å². The molecule has 1 unspecified atom stereocenters. The van der Waals surface area contributed by atoms with Crippen molar-refractivity contribution in [1.82, 2.24) is 41.2 Å². The topological polar surface area (TPSA) is 539 Å². The second-order valence-electron chi connectivity index (χ2n) is 29.5. The first kappa shape index (κ1) is 105. The molecule has 698 valence electrons. The lowest BCUT2D eigenvalue weighted by atomic mass is 9.79. The lowest BCUT2D eigenvalue weighted by molar-refractivity contribution is -0.345. The van der Waals surface area contributed by atoms with E-state index in [0.29, 0.717) is 209 Å². The standard InChI is InChI=1S/C78H136N8O34S/c1-4-79-63(91)51-113-52-64(92)81-20-26-105-30-32-107-34-36-109-38-40-111-42-43-112-41-39-110-37-35-108-33-31-106-27-21-85-47-55(83-84-85)45-82-62(90)14-8-6-10-23-114-73-58(119-76(102-2)71(99)68(73)96)49-117-78-72(100)69(97)74(59(120-78)50-116-77-70(98)67(95)66(94)57(48-87)118-77)115-24-9-5-7-13-61(89)80-19-25-104-29-28-103-22-11-12-56(88)54-17-15-53(16-18-54)46-86-65(93)44-60(121-3)75(86)101/h47,53-54,57-60,66-74,76-78,87,94-100H,4-46,48-52H2,1-3H3,(H,79,91)(H,80,89)(H,81,92)(H,82,90)/t53?,54?,57-,58-,59-,60?,66-,67-,68+,69+,70-,71-,72-,73-,74-,76+,77+,78+/m1/s1. The fourth-order valence-electron chi connectivity index (χ4n) is 13.6. The van der Waals surface area contributed by atoms with E-state index in [2.05, 4.69) is 31.6 Å². The summed E-state index contributed by atoms with van der Waals surface area (Å²) in [5.41, 5.74) is 0.555. The Morgan fingerprint density at radius 3 is 1.43 bits per heavy atom. The first-order valence-corrected chi connectivity index (χ1v) is 43.6. The lowest BCUT2D eigenvalue weighted by Crippen LogP contribution is -2.63. The zero-order valence-electron chi connectivity index (χ0n) is 70.3. The number of unbranched alkanes of at least 4 members (excludes halogenated alkanes) is 4. The van der Waals surface area contributed by atoms with Crippen LogP contribution in [0.2, 0.25) is 0 Å². The fraction of sp³-hybridized carbons (Fsp3) is 0.885. The van der Waals surface area contributed by atoms with Gasteiger partial charge in [0.15, 0.2) is 18.9 Å². The second kappa shape index (κ2) is 63.1. The van der Waals surface area contributed by atoms with Crippen LogP contribution in [0.1, 0.15) is 109 Å². The number of hydrogen-bond acceptors (Lipinski definition) is 37. The Balaban J connectivity index is 0.759. The van der Waals surface area contributed by atoms with Crippen LogP contribution >= 0.6 is 11.8 Å². The molecule has 0 bridgehead atoms. The van der Waals surface area contributed by atoms with Crippen LogP contribution in [-0.2, 0) is 137 Å². The van der Waals surface area contributed by atoms with Crippen LogP contribution in [0.4, 0.5) is 0 Å². The molecule has 5 heterocycles. The van der Waals surface area contributed by atoms with E-state index < -0.39 is 112 Å². The van der Waals surface area contributed by atoms with Gasteiger partial charge in [0.2, 0.25) is 35.4 Å². The van der Waals surface area contributed by atoms with Gasteiger partial charge < -0.3 is 152 Å². The molecule has 1 aromatic heterocycles. The third kappa shape index (κ3) is 41.2. The number of ether oxygens (including phenoxy) is 19. The Hall–Kier alpha value is -4.90. The van der Waals surface area contributed by atoms with Crippen LogP contribution in [0.5, 0.6) is 0 Å². The number of aliphatic hydroxyl groups excluding tert-OH is 8. The Morgan fingerprint density at radius 1 is 0.479 bits per heavy atom. The number of carbonyl (C=O) groups excluding carboxylic acids is 7. The van der Waals surface area contributed by atoms with Crippen LogP contribution in [0.25, 0.3) is 0 Å². The molecule has 6 rings (SSSR count). The number of Topliss-reactive ketones (excluding diaryl/α,β-unsaturated/α-hetero) is 1. The van der Waals surface area contributed by atoms with Gasteiger partial charge in [0.1, 0.15) is 97.9 Å². The van der Waals surface area contributed by atoms with Crippen LogP contribution in [0.3, 0.4) is 0 Å². The molecule has 43 heteroatoms. The number of aliphatic hydroxyl groups is 8. The molecule has 16 atom stereocenters. The smallest absolute Gasteiger partial charge is 0.246 e. The maximum Gasteiger partial charge on any atom is 0.246 e. The molecule has 12 N–H and O–H groups in total. The quantitative estimate of drug-likeness (QED) is 0.0221. The van der Waals surface area contributed by atoms with Gasteiger partial charge in [-0.1, -0.05) is 18.1 Å². The van der Waals surface area contributed by atoms with Crippen molar-refractivity contribution in [3.05, 3.63) is 11.9 Å². The molecule has 0 spiro atoms. The van der Waals surface area contributed by atoms with Gasteiger partial charge in [-0.05, 0) is 76.9 Å². The van der Waals surface area contributed by atoms with Gasteiger partial charge in [-0.15, -0.1) is 5.10 Å². The minimum Gasteiger partial charge on any atom is -0.394 e. The summed E-state index contributed by atoms with van der Waals surface area (Å²) >= 11 is 1.41. The van der Waals surface area contributed by atoms with Crippen LogP contribution in [0.15, 0.2) is 6.20 Å². The van der Waals surface area contributed by atoms with Gasteiger partial charge in [-0.2, -0.15) is 11.8 Å². The molecule has 5 fully saturated rings. The van der Waals surface area contributed by atoms with Crippen molar-refractivity contribution < 1.29 is 164 Å². The molecule has 5 aliphatic rings. The van der Waals surface area contributed by atoms with Gasteiger partial charge in [0.25, 0.3) is 0 Å². The van der Waals surface area contributed by atoms with Gasteiger partial charge >= 0.3 is 0 Å². The minimum atomic E-state index is -1.79.